The molecule has 1 aromatic rings. The van der Waals surface area contributed by atoms with Gasteiger partial charge in [0.1, 0.15) is 0 Å². The van der Waals surface area contributed by atoms with Crippen molar-refractivity contribution in [1.29, 1.82) is 0 Å². The summed E-state index contributed by atoms with van der Waals surface area (Å²) in [5.74, 6) is -1.12. The molecule has 7 heteroatoms. The van der Waals surface area contributed by atoms with E-state index in [1.54, 1.807) is 11.0 Å². The number of carboxylic acids is 1. The Morgan fingerprint density at radius 1 is 1.30 bits per heavy atom. The first kappa shape index (κ1) is 14.6. The van der Waals surface area contributed by atoms with Gasteiger partial charge in [-0.2, -0.15) is 0 Å². The number of carbonyl (C=O) groups excluding carboxylic acids is 1. The van der Waals surface area contributed by atoms with E-state index < -0.39 is 5.97 Å². The predicted molar refractivity (Wildman–Crippen MR) is 76.5 cm³/mol. The van der Waals surface area contributed by atoms with Gasteiger partial charge in [0.25, 0.3) is 0 Å². The number of amides is 2. The molecule has 0 atom stereocenters. The Labute approximate surface area is 121 Å². The van der Waals surface area contributed by atoms with Crippen LogP contribution in [-0.2, 0) is 0 Å². The molecule has 0 radical (unpaired) electrons. The lowest BCUT2D eigenvalue weighted by atomic mass is 10.2. The van der Waals surface area contributed by atoms with Gasteiger partial charge in [0.15, 0.2) is 0 Å². The average molecular weight is 298 g/mol. The van der Waals surface area contributed by atoms with Crippen LogP contribution in [0.5, 0.6) is 0 Å². The molecule has 1 aliphatic rings. The third kappa shape index (κ3) is 3.61. The van der Waals surface area contributed by atoms with Crippen molar-refractivity contribution in [3.63, 3.8) is 0 Å². The smallest absolute Gasteiger partial charge is 0.337 e. The van der Waals surface area contributed by atoms with Crippen LogP contribution in [0, 0.1) is 0 Å². The van der Waals surface area contributed by atoms with E-state index in [0.717, 1.165) is 19.5 Å². The summed E-state index contributed by atoms with van der Waals surface area (Å²) in [6, 6.07) is 4.18. The molecule has 0 aliphatic carbocycles. The van der Waals surface area contributed by atoms with E-state index in [0.29, 0.717) is 18.8 Å². The van der Waals surface area contributed by atoms with Crippen LogP contribution in [0.1, 0.15) is 16.8 Å². The standard InChI is InChI=1S/C13H16ClN3O3/c14-11-3-2-9(8-10(11)12(18)19)16-13(20)17-6-1-4-15-5-7-17/h2-3,8,15H,1,4-7H2,(H,16,20)(H,18,19). The molecule has 20 heavy (non-hydrogen) atoms. The van der Waals surface area contributed by atoms with Gasteiger partial charge in [-0.25, -0.2) is 9.59 Å². The SMILES string of the molecule is O=C(O)c1cc(NC(=O)N2CCCNCC2)ccc1Cl. The van der Waals surface area contributed by atoms with Crippen molar-refractivity contribution < 1.29 is 14.7 Å². The minimum Gasteiger partial charge on any atom is -0.478 e. The lowest BCUT2D eigenvalue weighted by Crippen LogP contribution is -2.37. The van der Waals surface area contributed by atoms with E-state index in [9.17, 15) is 9.59 Å². The molecule has 1 fully saturated rings. The highest BCUT2D eigenvalue weighted by Gasteiger charge is 2.16. The lowest BCUT2D eigenvalue weighted by Gasteiger charge is -2.20. The third-order valence-corrected chi connectivity index (χ3v) is 3.40. The number of urea groups is 1. The Hall–Kier alpha value is -1.79. The maximum atomic E-state index is 12.1. The van der Waals surface area contributed by atoms with Crippen molar-refractivity contribution in [3.05, 3.63) is 28.8 Å². The number of hydrogen-bond acceptors (Lipinski definition) is 3. The molecule has 1 saturated heterocycles. The summed E-state index contributed by atoms with van der Waals surface area (Å²) in [4.78, 5) is 24.8. The van der Waals surface area contributed by atoms with E-state index in [2.05, 4.69) is 10.6 Å². The Bertz CT molecular complexity index is 514. The summed E-state index contributed by atoms with van der Waals surface area (Å²) < 4.78 is 0. The molecule has 0 aromatic heterocycles. The van der Waals surface area contributed by atoms with Crippen molar-refractivity contribution in [2.75, 3.05) is 31.5 Å². The number of carbonyl (C=O) groups is 2. The fraction of sp³-hybridized carbons (Fsp3) is 0.385. The molecule has 0 unspecified atom stereocenters. The van der Waals surface area contributed by atoms with Crippen LogP contribution < -0.4 is 10.6 Å². The normalized spacial score (nSPS) is 15.6. The second-order valence-corrected chi connectivity index (χ2v) is 4.93. The highest BCUT2D eigenvalue weighted by atomic mass is 35.5. The minimum absolute atomic E-state index is 0.0259. The van der Waals surface area contributed by atoms with Gasteiger partial charge in [0.2, 0.25) is 0 Å². The van der Waals surface area contributed by atoms with Crippen LogP contribution >= 0.6 is 11.6 Å². The molecule has 0 bridgehead atoms. The van der Waals surface area contributed by atoms with Gasteiger partial charge in [0.05, 0.1) is 10.6 Å². The Morgan fingerprint density at radius 2 is 2.10 bits per heavy atom. The molecular formula is C13H16ClN3O3. The molecule has 0 saturated carbocycles. The fourth-order valence-electron chi connectivity index (χ4n) is 2.02. The van der Waals surface area contributed by atoms with Gasteiger partial charge in [0, 0.05) is 25.3 Å². The molecule has 6 nitrogen and oxygen atoms in total. The second-order valence-electron chi connectivity index (χ2n) is 4.52. The van der Waals surface area contributed by atoms with Gasteiger partial charge in [-0.15, -0.1) is 0 Å². The zero-order chi connectivity index (χ0) is 14.5. The van der Waals surface area contributed by atoms with Crippen LogP contribution in [0.25, 0.3) is 0 Å². The van der Waals surface area contributed by atoms with E-state index in [1.165, 1.54) is 12.1 Å². The van der Waals surface area contributed by atoms with E-state index in [-0.39, 0.29) is 16.6 Å². The van der Waals surface area contributed by atoms with Gasteiger partial charge in [-0.3, -0.25) is 0 Å². The van der Waals surface area contributed by atoms with Gasteiger partial charge < -0.3 is 20.6 Å². The quantitative estimate of drug-likeness (QED) is 0.778. The van der Waals surface area contributed by atoms with Gasteiger partial charge in [-0.05, 0) is 31.2 Å². The number of hydrogen-bond donors (Lipinski definition) is 3. The van der Waals surface area contributed by atoms with Crippen LogP contribution in [-0.4, -0.2) is 48.2 Å². The summed E-state index contributed by atoms with van der Waals surface area (Å²) in [6.07, 6.45) is 0.897. The average Bonchev–Trinajstić information content (AvgIpc) is 2.69. The molecule has 108 valence electrons. The number of nitrogens with one attached hydrogen (secondary N) is 2. The van der Waals surface area contributed by atoms with E-state index >= 15 is 0 Å². The lowest BCUT2D eigenvalue weighted by molar-refractivity contribution is 0.0697. The van der Waals surface area contributed by atoms with Crippen LogP contribution in [0.3, 0.4) is 0 Å². The molecule has 1 heterocycles. The molecule has 2 rings (SSSR count). The maximum Gasteiger partial charge on any atom is 0.337 e. The third-order valence-electron chi connectivity index (χ3n) is 3.08. The number of anilines is 1. The van der Waals surface area contributed by atoms with E-state index in [1.807, 2.05) is 0 Å². The summed E-state index contributed by atoms with van der Waals surface area (Å²) in [5.41, 5.74) is 0.399. The van der Waals surface area contributed by atoms with Crippen LogP contribution in [0.2, 0.25) is 5.02 Å². The number of benzene rings is 1. The minimum atomic E-state index is -1.12. The first-order valence-corrected chi connectivity index (χ1v) is 6.75. The van der Waals surface area contributed by atoms with Gasteiger partial charge in [-0.1, -0.05) is 11.6 Å². The largest absolute Gasteiger partial charge is 0.478 e. The highest BCUT2D eigenvalue weighted by molar-refractivity contribution is 6.33. The Morgan fingerprint density at radius 3 is 2.85 bits per heavy atom. The van der Waals surface area contributed by atoms with E-state index in [4.69, 9.17) is 16.7 Å². The van der Waals surface area contributed by atoms with Crippen molar-refractivity contribution in [2.24, 2.45) is 0 Å². The maximum absolute atomic E-state index is 12.1. The van der Waals surface area contributed by atoms with Crippen molar-refractivity contribution in [3.8, 4) is 0 Å². The second kappa shape index (κ2) is 6.58. The van der Waals surface area contributed by atoms with Crippen LogP contribution in [0.4, 0.5) is 10.5 Å². The molecule has 2 amide bonds. The van der Waals surface area contributed by atoms with Crippen molar-refractivity contribution >= 4 is 29.3 Å². The number of rotatable bonds is 2. The summed E-state index contributed by atoms with van der Waals surface area (Å²) in [5, 5.41) is 15.1. The zero-order valence-corrected chi connectivity index (χ0v) is 11.6. The number of nitrogens with zero attached hydrogens (tertiary/aromatic N) is 1. The fourth-order valence-corrected chi connectivity index (χ4v) is 2.22. The van der Waals surface area contributed by atoms with Crippen LogP contribution in [0.15, 0.2) is 18.2 Å². The van der Waals surface area contributed by atoms with Gasteiger partial charge >= 0.3 is 12.0 Å². The summed E-state index contributed by atoms with van der Waals surface area (Å²) in [7, 11) is 0. The Balaban J connectivity index is 2.07. The first-order chi connectivity index (χ1) is 9.58. The van der Waals surface area contributed by atoms with Crippen molar-refractivity contribution in [2.45, 2.75) is 6.42 Å². The summed E-state index contributed by atoms with van der Waals surface area (Å²) >= 11 is 5.79. The summed E-state index contributed by atoms with van der Waals surface area (Å²) in [6.45, 7) is 2.96. The molecule has 1 aromatic carbocycles. The first-order valence-electron chi connectivity index (χ1n) is 6.37. The molecule has 0 spiro atoms. The topological polar surface area (TPSA) is 81.7 Å². The number of carboxylic acid groups (broad SMARTS) is 1. The monoisotopic (exact) mass is 297 g/mol. The number of aromatic carboxylic acids is 1. The Kier molecular flexibility index (Phi) is 4.81. The predicted octanol–water partition coefficient (Wildman–Crippen LogP) is 1.87. The number of halogens is 1. The van der Waals surface area contributed by atoms with Crippen molar-refractivity contribution in [1.82, 2.24) is 10.2 Å². The zero-order valence-electron chi connectivity index (χ0n) is 10.9. The highest BCUT2D eigenvalue weighted by Crippen LogP contribution is 2.20. The molecular weight excluding hydrogens is 282 g/mol. The molecule has 3 N–H and O–H groups in total. The molecule has 1 aliphatic heterocycles.